The number of fused-ring (bicyclic) bond motifs is 1. The average Bonchev–Trinajstić information content (AvgIpc) is 3.25. The molecular formula is C31H41N5O5. The maximum absolute atomic E-state index is 13.3. The van der Waals surface area contributed by atoms with Crippen LogP contribution < -0.4 is 16.4 Å². The van der Waals surface area contributed by atoms with Gasteiger partial charge in [-0.1, -0.05) is 30.3 Å². The van der Waals surface area contributed by atoms with Crippen LogP contribution in [-0.2, 0) is 27.2 Å². The van der Waals surface area contributed by atoms with Gasteiger partial charge in [0.1, 0.15) is 0 Å². The Kier molecular flexibility index (Phi) is 10.4. The Morgan fingerprint density at radius 2 is 1.85 bits per heavy atom. The van der Waals surface area contributed by atoms with Crippen molar-refractivity contribution in [2.75, 3.05) is 39.2 Å². The molecular weight excluding hydrogens is 522 g/mol. The molecule has 0 radical (unpaired) electrons. The molecule has 0 saturated carbocycles. The Balaban J connectivity index is 1.36. The number of piperidine rings is 1. The molecule has 220 valence electrons. The predicted octanol–water partition coefficient (Wildman–Crippen LogP) is 4.54. The second-order valence-electron chi connectivity index (χ2n) is 10.6. The number of methoxy groups -OCH3 is 2. The molecule has 4 amide bonds. The summed E-state index contributed by atoms with van der Waals surface area (Å²) in [5, 5.41) is 5.87. The molecule has 4 rings (SSSR count). The van der Waals surface area contributed by atoms with E-state index in [0.717, 1.165) is 37.9 Å². The number of anilines is 1. The van der Waals surface area contributed by atoms with Gasteiger partial charge in [0, 0.05) is 74.0 Å². The zero-order valence-corrected chi connectivity index (χ0v) is 24.2. The van der Waals surface area contributed by atoms with Gasteiger partial charge < -0.3 is 30.0 Å². The summed E-state index contributed by atoms with van der Waals surface area (Å²) in [6.07, 6.45) is 2.91. The minimum absolute atomic E-state index is 0.0830. The van der Waals surface area contributed by atoms with Gasteiger partial charge in [0.15, 0.2) is 0 Å². The number of ether oxygens (including phenoxy) is 2. The third-order valence-corrected chi connectivity index (χ3v) is 7.71. The van der Waals surface area contributed by atoms with Crippen molar-refractivity contribution in [3.8, 4) is 0 Å². The fourth-order valence-electron chi connectivity index (χ4n) is 5.82. The van der Waals surface area contributed by atoms with Crippen LogP contribution in [0, 0.1) is 6.92 Å². The van der Waals surface area contributed by atoms with E-state index in [1.807, 2.05) is 22.3 Å². The van der Waals surface area contributed by atoms with Crippen LogP contribution in [0.25, 0.3) is 10.9 Å². The molecule has 1 fully saturated rings. The number of aryl methyl sites for hydroxylation is 2. The number of carbonyl (C=O) groups is 3. The molecule has 3 aromatic rings. The lowest BCUT2D eigenvalue weighted by Crippen LogP contribution is -2.42. The number of alkyl carbamates (subject to hydrolysis) is 1. The number of nitrogens with two attached hydrogens (primary N) is 1. The monoisotopic (exact) mass is 563 g/mol. The highest BCUT2D eigenvalue weighted by atomic mass is 16.5. The van der Waals surface area contributed by atoms with Crippen LogP contribution in [0.15, 0.2) is 48.5 Å². The van der Waals surface area contributed by atoms with Crippen LogP contribution in [0.4, 0.5) is 15.3 Å². The zero-order valence-electron chi connectivity index (χ0n) is 24.2. The quantitative estimate of drug-likeness (QED) is 0.311. The van der Waals surface area contributed by atoms with Crippen molar-refractivity contribution in [3.63, 3.8) is 0 Å². The molecule has 2 aromatic carbocycles. The predicted molar refractivity (Wildman–Crippen MR) is 159 cm³/mol. The smallest absolute Gasteiger partial charge is 0.415 e. The van der Waals surface area contributed by atoms with Crippen molar-refractivity contribution in [1.82, 2.24) is 14.8 Å². The Hall–Kier alpha value is -3.89. The first-order valence-corrected chi connectivity index (χ1v) is 14.2. The molecule has 10 nitrogen and oxygen atoms in total. The average molecular weight is 564 g/mol. The van der Waals surface area contributed by atoms with E-state index in [0.29, 0.717) is 25.3 Å². The summed E-state index contributed by atoms with van der Waals surface area (Å²) in [5.74, 6) is 0.356. The maximum Gasteiger partial charge on any atom is 0.415 e. The molecule has 10 heteroatoms. The number of amides is 4. The normalized spacial score (nSPS) is 15.9. The third-order valence-electron chi connectivity index (χ3n) is 7.71. The fraction of sp³-hybridized carbons (Fsp3) is 0.452. The standard InChI is InChI=1S/C31H41N5O5/c1-21-26-9-4-5-10-27(26)36(16-7-17-40-2)29(21)23-8-6-15-35(20-23)28(37)19-24(32)18-22-11-13-25(14-12-22)33-30(38)34-31(39)41-3/h4-5,9-14,23-24H,6-8,15-20,32H2,1-3H3,(H2,33,34,38,39). The molecule has 1 saturated heterocycles. The molecule has 1 aliphatic heterocycles. The number of aromatic nitrogens is 1. The number of hydrogen-bond donors (Lipinski definition) is 3. The van der Waals surface area contributed by atoms with E-state index in [1.165, 1.54) is 29.3 Å². The van der Waals surface area contributed by atoms with Crippen LogP contribution in [0.3, 0.4) is 0 Å². The molecule has 4 N–H and O–H groups in total. The number of nitrogens with zero attached hydrogens (tertiary/aromatic N) is 2. The van der Waals surface area contributed by atoms with Gasteiger partial charge in [-0.25, -0.2) is 14.9 Å². The van der Waals surface area contributed by atoms with Crippen molar-refractivity contribution in [2.45, 2.75) is 57.5 Å². The molecule has 2 unspecified atom stereocenters. The van der Waals surface area contributed by atoms with E-state index in [2.05, 4.69) is 45.8 Å². The number of hydrogen-bond acceptors (Lipinski definition) is 6. The van der Waals surface area contributed by atoms with Gasteiger partial charge in [-0.05, 0) is 61.9 Å². The highest BCUT2D eigenvalue weighted by Gasteiger charge is 2.29. The van der Waals surface area contributed by atoms with Crippen molar-refractivity contribution >= 4 is 34.6 Å². The Labute approximate surface area is 241 Å². The van der Waals surface area contributed by atoms with Gasteiger partial charge in [-0.3, -0.25) is 4.79 Å². The molecule has 2 heterocycles. The molecule has 41 heavy (non-hydrogen) atoms. The number of nitrogens with one attached hydrogen (secondary N) is 2. The summed E-state index contributed by atoms with van der Waals surface area (Å²) in [7, 11) is 2.92. The van der Waals surface area contributed by atoms with Gasteiger partial charge in [-0.15, -0.1) is 0 Å². The summed E-state index contributed by atoms with van der Waals surface area (Å²) in [6, 6.07) is 14.7. The first kappa shape index (κ1) is 30.1. The third kappa shape index (κ3) is 7.65. The number of imide groups is 1. The molecule has 1 aliphatic rings. The SMILES string of the molecule is COCCCn1c(C2CCCN(C(=O)CC(N)Cc3ccc(NC(=O)NC(=O)OC)cc3)C2)c(C)c2ccccc21. The second kappa shape index (κ2) is 14.1. The Bertz CT molecular complexity index is 1350. The lowest BCUT2D eigenvalue weighted by molar-refractivity contribution is -0.132. The van der Waals surface area contributed by atoms with E-state index >= 15 is 0 Å². The summed E-state index contributed by atoms with van der Waals surface area (Å²) in [4.78, 5) is 38.3. The van der Waals surface area contributed by atoms with Crippen molar-refractivity contribution in [1.29, 1.82) is 0 Å². The molecule has 0 aliphatic carbocycles. The van der Waals surface area contributed by atoms with E-state index in [-0.39, 0.29) is 24.3 Å². The van der Waals surface area contributed by atoms with Crippen LogP contribution in [0.2, 0.25) is 0 Å². The summed E-state index contributed by atoms with van der Waals surface area (Å²) >= 11 is 0. The lowest BCUT2D eigenvalue weighted by Gasteiger charge is -2.34. The molecule has 2 atom stereocenters. The molecule has 1 aromatic heterocycles. The summed E-state index contributed by atoms with van der Waals surface area (Å²) in [5.41, 5.74) is 11.8. The van der Waals surface area contributed by atoms with Gasteiger partial charge in [0.05, 0.1) is 7.11 Å². The lowest BCUT2D eigenvalue weighted by atomic mass is 9.91. The largest absolute Gasteiger partial charge is 0.453 e. The number of carbonyl (C=O) groups excluding carboxylic acids is 3. The van der Waals surface area contributed by atoms with Gasteiger partial charge >= 0.3 is 12.1 Å². The highest BCUT2D eigenvalue weighted by molar-refractivity contribution is 5.98. The fourth-order valence-corrected chi connectivity index (χ4v) is 5.82. The number of rotatable bonds is 10. The van der Waals surface area contributed by atoms with E-state index < -0.39 is 12.1 Å². The highest BCUT2D eigenvalue weighted by Crippen LogP contribution is 2.36. The van der Waals surface area contributed by atoms with Crippen molar-refractivity contribution in [2.24, 2.45) is 5.73 Å². The van der Waals surface area contributed by atoms with Crippen LogP contribution >= 0.6 is 0 Å². The summed E-state index contributed by atoms with van der Waals surface area (Å²) < 4.78 is 12.2. The van der Waals surface area contributed by atoms with E-state index in [4.69, 9.17) is 10.5 Å². The molecule has 0 spiro atoms. The minimum Gasteiger partial charge on any atom is -0.453 e. The van der Waals surface area contributed by atoms with Gasteiger partial charge in [0.25, 0.3) is 0 Å². The van der Waals surface area contributed by atoms with Crippen LogP contribution in [-0.4, -0.2) is 67.5 Å². The second-order valence-corrected chi connectivity index (χ2v) is 10.6. The number of para-hydroxylation sites is 1. The summed E-state index contributed by atoms with van der Waals surface area (Å²) in [6.45, 7) is 5.24. The topological polar surface area (TPSA) is 128 Å². The van der Waals surface area contributed by atoms with Crippen molar-refractivity contribution < 1.29 is 23.9 Å². The van der Waals surface area contributed by atoms with Crippen LogP contribution in [0.5, 0.6) is 0 Å². The van der Waals surface area contributed by atoms with Gasteiger partial charge in [0.2, 0.25) is 5.91 Å². The van der Waals surface area contributed by atoms with Gasteiger partial charge in [-0.2, -0.15) is 0 Å². The van der Waals surface area contributed by atoms with E-state index in [9.17, 15) is 14.4 Å². The first-order chi connectivity index (χ1) is 19.8. The van der Waals surface area contributed by atoms with Crippen LogP contribution in [0.1, 0.15) is 48.4 Å². The van der Waals surface area contributed by atoms with E-state index in [1.54, 1.807) is 19.2 Å². The first-order valence-electron chi connectivity index (χ1n) is 14.2. The Morgan fingerprint density at radius 3 is 2.59 bits per heavy atom. The number of likely N-dealkylation sites (tertiary alicyclic amines) is 1. The zero-order chi connectivity index (χ0) is 29.4. The Morgan fingerprint density at radius 1 is 1.10 bits per heavy atom. The maximum atomic E-state index is 13.3. The minimum atomic E-state index is -0.839. The number of benzene rings is 2. The molecule has 0 bridgehead atoms. The van der Waals surface area contributed by atoms with Crippen molar-refractivity contribution in [3.05, 3.63) is 65.4 Å². The number of urea groups is 1.